The Hall–Kier alpha value is -1.12. The van der Waals surface area contributed by atoms with Crippen molar-refractivity contribution < 1.29 is 0 Å². The van der Waals surface area contributed by atoms with Gasteiger partial charge in [0.05, 0.1) is 0 Å². The Morgan fingerprint density at radius 2 is 2.12 bits per heavy atom. The third kappa shape index (κ3) is 2.94. The number of rotatable bonds is 4. The maximum Gasteiger partial charge on any atom is 0.0305 e. The Labute approximate surface area is 101 Å². The molecule has 2 aromatic rings. The van der Waals surface area contributed by atoms with Crippen molar-refractivity contribution in [2.24, 2.45) is 0 Å². The molecule has 2 heteroatoms. The van der Waals surface area contributed by atoms with Gasteiger partial charge in [0.15, 0.2) is 0 Å². The number of nitrogens with one attached hydrogen (secondary N) is 1. The van der Waals surface area contributed by atoms with E-state index in [1.54, 1.807) is 11.3 Å². The van der Waals surface area contributed by atoms with Gasteiger partial charge in [-0.3, -0.25) is 0 Å². The smallest absolute Gasteiger partial charge is 0.0305 e. The SMILES string of the molecule is Cc1cccc(C(C)NCc2cccs2)c1. The van der Waals surface area contributed by atoms with Crippen LogP contribution >= 0.6 is 11.3 Å². The minimum absolute atomic E-state index is 0.405. The summed E-state index contributed by atoms with van der Waals surface area (Å²) in [6, 6.07) is 13.3. The Bertz CT molecular complexity index is 434. The third-order valence-electron chi connectivity index (χ3n) is 2.70. The Morgan fingerprint density at radius 1 is 1.25 bits per heavy atom. The van der Waals surface area contributed by atoms with Crippen LogP contribution in [-0.4, -0.2) is 0 Å². The molecule has 1 atom stereocenters. The molecule has 0 radical (unpaired) electrons. The molecule has 1 heterocycles. The van der Waals surface area contributed by atoms with Gasteiger partial charge in [0, 0.05) is 17.5 Å². The first-order chi connectivity index (χ1) is 7.75. The fourth-order valence-electron chi connectivity index (χ4n) is 1.72. The molecule has 1 nitrogen and oxygen atoms in total. The standard InChI is InChI=1S/C14H17NS/c1-11-5-3-6-13(9-11)12(2)15-10-14-7-4-8-16-14/h3-9,12,15H,10H2,1-2H3. The monoisotopic (exact) mass is 231 g/mol. The minimum Gasteiger partial charge on any atom is -0.305 e. The van der Waals surface area contributed by atoms with Gasteiger partial charge < -0.3 is 5.32 Å². The molecule has 0 aliphatic carbocycles. The Balaban J connectivity index is 1.95. The van der Waals surface area contributed by atoms with Crippen molar-refractivity contribution in [2.75, 3.05) is 0 Å². The number of aryl methyl sites for hydroxylation is 1. The quantitative estimate of drug-likeness (QED) is 0.841. The molecule has 1 unspecified atom stereocenters. The molecule has 0 bridgehead atoms. The summed E-state index contributed by atoms with van der Waals surface area (Å²) >= 11 is 1.80. The summed E-state index contributed by atoms with van der Waals surface area (Å²) in [5, 5.41) is 5.66. The molecular formula is C14H17NS. The predicted molar refractivity (Wildman–Crippen MR) is 70.8 cm³/mol. The molecule has 16 heavy (non-hydrogen) atoms. The molecule has 0 aliphatic rings. The lowest BCUT2D eigenvalue weighted by Crippen LogP contribution is -2.17. The largest absolute Gasteiger partial charge is 0.305 e. The van der Waals surface area contributed by atoms with Gasteiger partial charge in [0.1, 0.15) is 0 Å². The van der Waals surface area contributed by atoms with E-state index in [4.69, 9.17) is 0 Å². The lowest BCUT2D eigenvalue weighted by molar-refractivity contribution is 0.578. The van der Waals surface area contributed by atoms with Crippen molar-refractivity contribution in [3.05, 3.63) is 57.8 Å². The first kappa shape index (κ1) is 11.4. The fraction of sp³-hybridized carbons (Fsp3) is 0.286. The van der Waals surface area contributed by atoms with Crippen LogP contribution in [0.15, 0.2) is 41.8 Å². The zero-order valence-electron chi connectivity index (χ0n) is 9.73. The van der Waals surface area contributed by atoms with Gasteiger partial charge in [-0.2, -0.15) is 0 Å². The van der Waals surface area contributed by atoms with E-state index in [-0.39, 0.29) is 0 Å². The summed E-state index contributed by atoms with van der Waals surface area (Å²) in [6.45, 7) is 5.30. The number of hydrogen-bond acceptors (Lipinski definition) is 2. The van der Waals surface area contributed by atoms with E-state index in [0.717, 1.165) is 6.54 Å². The third-order valence-corrected chi connectivity index (χ3v) is 3.58. The van der Waals surface area contributed by atoms with Crippen molar-refractivity contribution in [3.8, 4) is 0 Å². The van der Waals surface area contributed by atoms with Crippen molar-refractivity contribution in [3.63, 3.8) is 0 Å². The van der Waals surface area contributed by atoms with Crippen LogP contribution in [0.25, 0.3) is 0 Å². The van der Waals surface area contributed by atoms with E-state index in [1.807, 2.05) is 0 Å². The van der Waals surface area contributed by atoms with Crippen LogP contribution in [0.1, 0.15) is 29.0 Å². The molecule has 0 saturated heterocycles. The van der Waals surface area contributed by atoms with Crippen LogP contribution in [0.2, 0.25) is 0 Å². The molecule has 0 spiro atoms. The molecule has 0 saturated carbocycles. The molecule has 1 N–H and O–H groups in total. The van der Waals surface area contributed by atoms with Crippen molar-refractivity contribution in [1.29, 1.82) is 0 Å². The number of hydrogen-bond donors (Lipinski definition) is 1. The van der Waals surface area contributed by atoms with Crippen LogP contribution in [0.5, 0.6) is 0 Å². The van der Waals surface area contributed by atoms with E-state index >= 15 is 0 Å². The van der Waals surface area contributed by atoms with Crippen LogP contribution in [-0.2, 0) is 6.54 Å². The summed E-state index contributed by atoms with van der Waals surface area (Å²) in [5.41, 5.74) is 2.68. The van der Waals surface area contributed by atoms with E-state index in [0.29, 0.717) is 6.04 Å². The summed E-state index contributed by atoms with van der Waals surface area (Å²) < 4.78 is 0. The molecule has 1 aromatic carbocycles. The zero-order valence-corrected chi connectivity index (χ0v) is 10.6. The highest BCUT2D eigenvalue weighted by molar-refractivity contribution is 7.09. The molecule has 0 amide bonds. The Kier molecular flexibility index (Phi) is 3.75. The molecule has 2 rings (SSSR count). The summed E-state index contributed by atoms with van der Waals surface area (Å²) in [5.74, 6) is 0. The van der Waals surface area contributed by atoms with Gasteiger partial charge >= 0.3 is 0 Å². The predicted octanol–water partition coefficient (Wildman–Crippen LogP) is 3.91. The van der Waals surface area contributed by atoms with Gasteiger partial charge in [-0.05, 0) is 30.9 Å². The zero-order chi connectivity index (χ0) is 11.4. The lowest BCUT2D eigenvalue weighted by Gasteiger charge is -2.14. The van der Waals surface area contributed by atoms with Crippen LogP contribution in [0.4, 0.5) is 0 Å². The highest BCUT2D eigenvalue weighted by Crippen LogP contribution is 2.15. The van der Waals surface area contributed by atoms with Gasteiger partial charge in [-0.15, -0.1) is 11.3 Å². The molecule has 0 fully saturated rings. The van der Waals surface area contributed by atoms with Gasteiger partial charge in [-0.1, -0.05) is 35.9 Å². The van der Waals surface area contributed by atoms with E-state index < -0.39 is 0 Å². The van der Waals surface area contributed by atoms with Crippen molar-refractivity contribution >= 4 is 11.3 Å². The lowest BCUT2D eigenvalue weighted by atomic mass is 10.1. The van der Waals surface area contributed by atoms with Gasteiger partial charge in [0.2, 0.25) is 0 Å². The second kappa shape index (κ2) is 5.28. The highest BCUT2D eigenvalue weighted by Gasteiger charge is 2.04. The molecule has 0 aliphatic heterocycles. The highest BCUT2D eigenvalue weighted by atomic mass is 32.1. The number of thiophene rings is 1. The van der Waals surface area contributed by atoms with Crippen LogP contribution in [0.3, 0.4) is 0 Å². The van der Waals surface area contributed by atoms with E-state index in [2.05, 4.69) is 60.9 Å². The second-order valence-corrected chi connectivity index (χ2v) is 5.13. The van der Waals surface area contributed by atoms with Crippen LogP contribution in [0, 0.1) is 6.92 Å². The molecular weight excluding hydrogens is 214 g/mol. The van der Waals surface area contributed by atoms with E-state index in [1.165, 1.54) is 16.0 Å². The first-order valence-electron chi connectivity index (χ1n) is 5.58. The minimum atomic E-state index is 0.405. The Morgan fingerprint density at radius 3 is 2.81 bits per heavy atom. The van der Waals surface area contributed by atoms with Crippen molar-refractivity contribution in [1.82, 2.24) is 5.32 Å². The second-order valence-electron chi connectivity index (χ2n) is 4.10. The summed E-state index contributed by atoms with van der Waals surface area (Å²) in [6.07, 6.45) is 0. The van der Waals surface area contributed by atoms with Crippen molar-refractivity contribution in [2.45, 2.75) is 26.4 Å². The summed E-state index contributed by atoms with van der Waals surface area (Å²) in [4.78, 5) is 1.39. The first-order valence-corrected chi connectivity index (χ1v) is 6.46. The average molecular weight is 231 g/mol. The maximum atomic E-state index is 3.54. The fourth-order valence-corrected chi connectivity index (χ4v) is 2.38. The van der Waals surface area contributed by atoms with Crippen LogP contribution < -0.4 is 5.32 Å². The van der Waals surface area contributed by atoms with E-state index in [9.17, 15) is 0 Å². The maximum absolute atomic E-state index is 3.54. The average Bonchev–Trinajstić information content (AvgIpc) is 2.78. The van der Waals surface area contributed by atoms with Gasteiger partial charge in [0.25, 0.3) is 0 Å². The van der Waals surface area contributed by atoms with Gasteiger partial charge in [-0.25, -0.2) is 0 Å². The summed E-state index contributed by atoms with van der Waals surface area (Å²) in [7, 11) is 0. The topological polar surface area (TPSA) is 12.0 Å². The normalized spacial score (nSPS) is 12.6. The molecule has 1 aromatic heterocycles. The number of benzene rings is 1. The molecule has 84 valence electrons.